The number of benzene rings is 1. The monoisotopic (exact) mass is 460 g/mol. The molecule has 3 heterocycles. The van der Waals surface area contributed by atoms with Crippen LogP contribution in [0.15, 0.2) is 34.7 Å². The summed E-state index contributed by atoms with van der Waals surface area (Å²) in [7, 11) is -3.25. The van der Waals surface area contributed by atoms with Crippen LogP contribution in [-0.2, 0) is 22.8 Å². The molecule has 1 aromatic carbocycles. The van der Waals surface area contributed by atoms with Crippen molar-refractivity contribution in [3.05, 3.63) is 51.5 Å². The minimum Gasteiger partial charge on any atom is -0.323 e. The number of fused-ring (bicyclic) bond motifs is 1. The van der Waals surface area contributed by atoms with Crippen molar-refractivity contribution < 1.29 is 8.42 Å². The number of rotatable bonds is 5. The van der Waals surface area contributed by atoms with E-state index in [0.717, 1.165) is 54.2 Å². The molecule has 2 aromatic heterocycles. The Hall–Kier alpha value is -2.00. The lowest BCUT2D eigenvalue weighted by molar-refractivity contribution is 0.602. The molecule has 0 amide bonds. The van der Waals surface area contributed by atoms with Gasteiger partial charge in [-0.1, -0.05) is 11.6 Å². The summed E-state index contributed by atoms with van der Waals surface area (Å²) >= 11 is 7.90. The Bertz CT molecular complexity index is 1240. The second-order valence-corrected chi connectivity index (χ2v) is 11.2. The molecule has 30 heavy (non-hydrogen) atoms. The lowest BCUT2D eigenvalue weighted by Gasteiger charge is -2.19. The Morgan fingerprint density at radius 1 is 1.23 bits per heavy atom. The Morgan fingerprint density at radius 3 is 2.80 bits per heavy atom. The third-order valence-corrected chi connectivity index (χ3v) is 7.98. The summed E-state index contributed by atoms with van der Waals surface area (Å²) in [5.74, 6) is 0.900. The van der Waals surface area contributed by atoms with Crippen LogP contribution in [0.25, 0.3) is 10.6 Å². The lowest BCUT2D eigenvalue weighted by Crippen LogP contribution is -2.23. The average molecular weight is 461 g/mol. The molecule has 1 saturated carbocycles. The highest BCUT2D eigenvalue weighted by atomic mass is 35.5. The molecular formula is C21H21ClN4O2S2. The van der Waals surface area contributed by atoms with E-state index in [2.05, 4.69) is 21.7 Å². The molecule has 0 unspecified atom stereocenters. The van der Waals surface area contributed by atoms with Crippen molar-refractivity contribution >= 4 is 44.4 Å². The van der Waals surface area contributed by atoms with E-state index in [1.54, 1.807) is 11.4 Å². The van der Waals surface area contributed by atoms with Crippen LogP contribution in [0.1, 0.15) is 35.4 Å². The van der Waals surface area contributed by atoms with Gasteiger partial charge in [-0.15, -0.1) is 11.3 Å². The van der Waals surface area contributed by atoms with Gasteiger partial charge in [-0.3, -0.25) is 0 Å². The largest absolute Gasteiger partial charge is 0.323 e. The molecule has 0 saturated heterocycles. The predicted molar refractivity (Wildman–Crippen MR) is 121 cm³/mol. The normalized spacial score (nSPS) is 16.3. The highest BCUT2D eigenvalue weighted by Gasteiger charge is 2.29. The number of aromatic nitrogens is 2. The minimum absolute atomic E-state index is 0.323. The van der Waals surface area contributed by atoms with Crippen LogP contribution >= 0.6 is 22.9 Å². The molecule has 5 rings (SSSR count). The summed E-state index contributed by atoms with van der Waals surface area (Å²) in [6, 6.07) is 5.77. The third-order valence-electron chi connectivity index (χ3n) is 5.49. The summed E-state index contributed by atoms with van der Waals surface area (Å²) < 4.78 is 23.8. The summed E-state index contributed by atoms with van der Waals surface area (Å²) in [4.78, 5) is 10.5. The maximum absolute atomic E-state index is 11.9. The zero-order chi connectivity index (χ0) is 20.9. The molecule has 0 bridgehead atoms. The molecule has 1 fully saturated rings. The van der Waals surface area contributed by atoms with Gasteiger partial charge in [-0.05, 0) is 61.1 Å². The fourth-order valence-corrected chi connectivity index (χ4v) is 5.96. The van der Waals surface area contributed by atoms with E-state index < -0.39 is 9.84 Å². The topological polar surface area (TPSA) is 84.0 Å². The van der Waals surface area contributed by atoms with Gasteiger partial charge in [0.05, 0.1) is 26.2 Å². The summed E-state index contributed by atoms with van der Waals surface area (Å²) in [6.45, 7) is 1.78. The van der Waals surface area contributed by atoms with Crippen LogP contribution in [0.2, 0.25) is 5.02 Å². The van der Waals surface area contributed by atoms with E-state index in [0.29, 0.717) is 21.8 Å². The molecule has 0 atom stereocenters. The number of nitrogens with zero attached hydrogens (tertiary/aromatic N) is 2. The van der Waals surface area contributed by atoms with Crippen molar-refractivity contribution in [2.45, 2.75) is 36.6 Å². The first-order valence-electron chi connectivity index (χ1n) is 9.83. The van der Waals surface area contributed by atoms with Crippen LogP contribution in [0.4, 0.5) is 11.6 Å². The first-order chi connectivity index (χ1) is 14.4. The molecular weight excluding hydrogens is 440 g/mol. The molecule has 2 N–H and O–H groups in total. The van der Waals surface area contributed by atoms with E-state index in [9.17, 15) is 8.42 Å². The first kappa shape index (κ1) is 19.9. The average Bonchev–Trinajstić information content (AvgIpc) is 3.42. The molecule has 1 aliphatic heterocycles. The zero-order valence-electron chi connectivity index (χ0n) is 16.4. The van der Waals surface area contributed by atoms with Gasteiger partial charge in [0.15, 0.2) is 9.84 Å². The summed E-state index contributed by atoms with van der Waals surface area (Å²) in [6.07, 6.45) is 6.26. The predicted octanol–water partition coefficient (Wildman–Crippen LogP) is 4.53. The maximum Gasteiger partial charge on any atom is 0.227 e. The second kappa shape index (κ2) is 7.60. The number of nitrogens with one attached hydrogen (secondary N) is 2. The quantitative estimate of drug-likeness (QED) is 0.582. The fraction of sp³-hybridized carbons (Fsp3) is 0.333. The molecule has 1 aliphatic carbocycles. The van der Waals surface area contributed by atoms with Crippen LogP contribution in [-0.4, -0.2) is 31.2 Å². The number of anilines is 2. The molecule has 0 radical (unpaired) electrons. The molecule has 2 aliphatic rings. The van der Waals surface area contributed by atoms with E-state index in [1.165, 1.54) is 28.7 Å². The van der Waals surface area contributed by atoms with Crippen molar-refractivity contribution in [1.82, 2.24) is 15.3 Å². The van der Waals surface area contributed by atoms with Crippen LogP contribution < -0.4 is 10.6 Å². The number of hydrogen-bond donors (Lipinski definition) is 2. The first-order valence-corrected chi connectivity index (χ1v) is 13.0. The van der Waals surface area contributed by atoms with E-state index in [-0.39, 0.29) is 0 Å². The summed E-state index contributed by atoms with van der Waals surface area (Å²) in [5, 5.41) is 8.92. The standard InChI is InChI=1S/C21H21ClN4O2S2/c1-30(27,28)15-8-19(29-11-15)20-16(12-2-3-12)10-24-21(26-20)25-18-7-13-4-5-23-9-14(13)6-17(18)22/h6-8,10-12,23H,2-5,9H2,1H3,(H,24,25,26). The number of sulfone groups is 1. The number of hydrogen-bond acceptors (Lipinski definition) is 7. The zero-order valence-corrected chi connectivity index (χ0v) is 18.8. The van der Waals surface area contributed by atoms with Gasteiger partial charge in [0.1, 0.15) is 0 Å². The molecule has 9 heteroatoms. The van der Waals surface area contributed by atoms with Crippen LogP contribution in [0.3, 0.4) is 0 Å². The summed E-state index contributed by atoms with van der Waals surface area (Å²) in [5.41, 5.74) is 5.14. The lowest BCUT2D eigenvalue weighted by atomic mass is 10.0. The van der Waals surface area contributed by atoms with Crippen molar-refractivity contribution in [3.8, 4) is 10.6 Å². The highest BCUT2D eigenvalue weighted by Crippen LogP contribution is 2.45. The van der Waals surface area contributed by atoms with Gasteiger partial charge in [0.2, 0.25) is 5.95 Å². The smallest absolute Gasteiger partial charge is 0.227 e. The minimum atomic E-state index is -3.25. The third kappa shape index (κ3) is 3.97. The Balaban J connectivity index is 1.52. The van der Waals surface area contributed by atoms with Crippen molar-refractivity contribution in [3.63, 3.8) is 0 Å². The van der Waals surface area contributed by atoms with E-state index in [4.69, 9.17) is 16.6 Å². The van der Waals surface area contributed by atoms with Gasteiger partial charge in [-0.25, -0.2) is 18.4 Å². The van der Waals surface area contributed by atoms with Crippen LogP contribution in [0.5, 0.6) is 0 Å². The second-order valence-electron chi connectivity index (χ2n) is 7.84. The van der Waals surface area contributed by atoms with Gasteiger partial charge in [-0.2, -0.15) is 0 Å². The van der Waals surface area contributed by atoms with Crippen molar-refractivity contribution in [1.29, 1.82) is 0 Å². The SMILES string of the molecule is CS(=O)(=O)c1csc(-c2nc(Nc3cc4c(cc3Cl)CNCC4)ncc2C2CC2)c1. The van der Waals surface area contributed by atoms with Gasteiger partial charge >= 0.3 is 0 Å². The Labute approximate surface area is 184 Å². The van der Waals surface area contributed by atoms with Gasteiger partial charge < -0.3 is 10.6 Å². The van der Waals surface area contributed by atoms with Crippen molar-refractivity contribution in [2.75, 3.05) is 18.1 Å². The van der Waals surface area contributed by atoms with Crippen molar-refractivity contribution in [2.24, 2.45) is 0 Å². The van der Waals surface area contributed by atoms with E-state index in [1.807, 2.05) is 12.3 Å². The maximum atomic E-state index is 11.9. The number of thiophene rings is 1. The van der Waals surface area contributed by atoms with Crippen LogP contribution in [0, 0.1) is 0 Å². The van der Waals surface area contributed by atoms with Gasteiger partial charge in [0, 0.05) is 29.9 Å². The molecule has 3 aromatic rings. The number of halogens is 1. The van der Waals surface area contributed by atoms with Gasteiger partial charge in [0.25, 0.3) is 0 Å². The molecule has 6 nitrogen and oxygen atoms in total. The fourth-order valence-electron chi connectivity index (χ4n) is 3.70. The van der Waals surface area contributed by atoms with E-state index >= 15 is 0 Å². The molecule has 156 valence electrons. The molecule has 0 spiro atoms. The highest BCUT2D eigenvalue weighted by molar-refractivity contribution is 7.90. The Kier molecular flexibility index (Phi) is 5.05. The Morgan fingerprint density at radius 2 is 2.07 bits per heavy atom.